The standard InChI is InChI=1S/C22H27NO2.ClH/c24-22(25)21-11-13-23(14-12-21)17-20(15-18-7-3-1-4-8-18)16-19-9-5-2-6-10-19;/h1-10,20-21H,11-17H2,(H,24,25);1H. The Kier molecular flexibility index (Phi) is 8.14. The third kappa shape index (κ3) is 6.15. The van der Waals surface area contributed by atoms with Gasteiger partial charge in [0, 0.05) is 6.54 Å². The van der Waals surface area contributed by atoms with Gasteiger partial charge >= 0.3 is 5.97 Å². The Hall–Kier alpha value is -1.84. The second-order valence-corrected chi connectivity index (χ2v) is 7.16. The molecule has 26 heavy (non-hydrogen) atoms. The first-order valence-electron chi connectivity index (χ1n) is 9.23. The molecule has 4 heteroatoms. The van der Waals surface area contributed by atoms with Crippen LogP contribution in [-0.4, -0.2) is 35.6 Å². The van der Waals surface area contributed by atoms with E-state index in [1.54, 1.807) is 0 Å². The minimum Gasteiger partial charge on any atom is -0.481 e. The van der Waals surface area contributed by atoms with Gasteiger partial charge in [0.15, 0.2) is 0 Å². The molecular formula is C22H28ClNO2. The van der Waals surface area contributed by atoms with Gasteiger partial charge in [0.25, 0.3) is 0 Å². The van der Waals surface area contributed by atoms with E-state index in [9.17, 15) is 9.90 Å². The Labute approximate surface area is 162 Å². The lowest BCUT2D eigenvalue weighted by molar-refractivity contribution is -0.143. The molecular weight excluding hydrogens is 346 g/mol. The van der Waals surface area contributed by atoms with Crippen LogP contribution in [0.1, 0.15) is 24.0 Å². The van der Waals surface area contributed by atoms with Crippen molar-refractivity contribution in [3.63, 3.8) is 0 Å². The maximum absolute atomic E-state index is 11.1. The molecule has 0 unspecified atom stereocenters. The van der Waals surface area contributed by atoms with Crippen LogP contribution in [0.5, 0.6) is 0 Å². The van der Waals surface area contributed by atoms with Crippen molar-refractivity contribution in [1.82, 2.24) is 4.90 Å². The van der Waals surface area contributed by atoms with Gasteiger partial charge in [0.05, 0.1) is 5.92 Å². The highest BCUT2D eigenvalue weighted by Crippen LogP contribution is 2.21. The predicted molar refractivity (Wildman–Crippen MR) is 108 cm³/mol. The first kappa shape index (κ1) is 20.5. The van der Waals surface area contributed by atoms with Crippen LogP contribution in [0.15, 0.2) is 60.7 Å². The van der Waals surface area contributed by atoms with E-state index in [0.717, 1.165) is 45.3 Å². The summed E-state index contributed by atoms with van der Waals surface area (Å²) >= 11 is 0. The highest BCUT2D eigenvalue weighted by Gasteiger charge is 2.26. The number of piperidine rings is 1. The zero-order valence-corrected chi connectivity index (χ0v) is 15.9. The van der Waals surface area contributed by atoms with E-state index in [0.29, 0.717) is 5.92 Å². The smallest absolute Gasteiger partial charge is 0.306 e. The third-order valence-corrected chi connectivity index (χ3v) is 5.19. The highest BCUT2D eigenvalue weighted by atomic mass is 35.5. The molecule has 1 aliphatic rings. The fraction of sp³-hybridized carbons (Fsp3) is 0.409. The number of hydrogen-bond donors (Lipinski definition) is 1. The summed E-state index contributed by atoms with van der Waals surface area (Å²) in [5, 5.41) is 9.18. The molecule has 1 N–H and O–H groups in total. The molecule has 0 aliphatic carbocycles. The van der Waals surface area contributed by atoms with Gasteiger partial charge in [0.1, 0.15) is 0 Å². The molecule has 3 rings (SSSR count). The van der Waals surface area contributed by atoms with Gasteiger partial charge in [0.2, 0.25) is 0 Å². The average molecular weight is 374 g/mol. The molecule has 0 spiro atoms. The number of likely N-dealkylation sites (tertiary alicyclic amines) is 1. The number of carboxylic acid groups (broad SMARTS) is 1. The molecule has 0 bridgehead atoms. The highest BCUT2D eigenvalue weighted by molar-refractivity contribution is 5.85. The summed E-state index contributed by atoms with van der Waals surface area (Å²) in [6, 6.07) is 21.4. The van der Waals surface area contributed by atoms with Gasteiger partial charge in [-0.3, -0.25) is 4.79 Å². The summed E-state index contributed by atoms with van der Waals surface area (Å²) in [4.78, 5) is 13.6. The monoisotopic (exact) mass is 373 g/mol. The number of carboxylic acids is 1. The molecule has 1 heterocycles. The van der Waals surface area contributed by atoms with E-state index in [-0.39, 0.29) is 18.3 Å². The largest absolute Gasteiger partial charge is 0.481 e. The topological polar surface area (TPSA) is 40.5 Å². The number of aliphatic carboxylic acids is 1. The SMILES string of the molecule is Cl.O=C(O)C1CCN(CC(Cc2ccccc2)Cc2ccccc2)CC1. The summed E-state index contributed by atoms with van der Waals surface area (Å²) in [6.45, 7) is 2.84. The quantitative estimate of drug-likeness (QED) is 0.786. The van der Waals surface area contributed by atoms with Crippen LogP contribution in [0.3, 0.4) is 0 Å². The maximum atomic E-state index is 11.1. The fourth-order valence-electron chi connectivity index (χ4n) is 3.82. The second kappa shape index (κ2) is 10.3. The lowest BCUT2D eigenvalue weighted by Crippen LogP contribution is -2.39. The van der Waals surface area contributed by atoms with Crippen molar-refractivity contribution in [2.45, 2.75) is 25.7 Å². The van der Waals surface area contributed by atoms with Gasteiger partial charge in [-0.05, 0) is 55.8 Å². The first-order valence-corrected chi connectivity index (χ1v) is 9.23. The average Bonchev–Trinajstić information content (AvgIpc) is 2.64. The third-order valence-electron chi connectivity index (χ3n) is 5.19. The van der Waals surface area contributed by atoms with E-state index in [1.165, 1.54) is 11.1 Å². The Morgan fingerprint density at radius 1 is 0.923 bits per heavy atom. The molecule has 140 valence electrons. The van der Waals surface area contributed by atoms with Crippen LogP contribution in [-0.2, 0) is 17.6 Å². The summed E-state index contributed by atoms with van der Waals surface area (Å²) in [5.41, 5.74) is 2.76. The Bertz CT molecular complexity index is 613. The van der Waals surface area contributed by atoms with E-state index in [2.05, 4.69) is 65.6 Å². The van der Waals surface area contributed by atoms with E-state index in [1.807, 2.05) is 0 Å². The predicted octanol–water partition coefficient (Wildman–Crippen LogP) is 4.31. The van der Waals surface area contributed by atoms with E-state index < -0.39 is 5.97 Å². The molecule has 1 saturated heterocycles. The van der Waals surface area contributed by atoms with Crippen molar-refractivity contribution < 1.29 is 9.90 Å². The molecule has 0 aromatic heterocycles. The van der Waals surface area contributed by atoms with Crippen molar-refractivity contribution in [1.29, 1.82) is 0 Å². The van der Waals surface area contributed by atoms with Gasteiger partial charge in [-0.15, -0.1) is 12.4 Å². The number of hydrogen-bond acceptors (Lipinski definition) is 2. The van der Waals surface area contributed by atoms with Crippen LogP contribution in [0.25, 0.3) is 0 Å². The fourth-order valence-corrected chi connectivity index (χ4v) is 3.82. The normalized spacial score (nSPS) is 15.6. The van der Waals surface area contributed by atoms with Gasteiger partial charge in [-0.1, -0.05) is 60.7 Å². The number of halogens is 1. The molecule has 0 atom stereocenters. The Balaban J connectivity index is 0.00000243. The van der Waals surface area contributed by atoms with Gasteiger partial charge in [-0.25, -0.2) is 0 Å². The molecule has 3 nitrogen and oxygen atoms in total. The lowest BCUT2D eigenvalue weighted by Gasteiger charge is -2.33. The zero-order chi connectivity index (χ0) is 17.5. The molecule has 2 aromatic rings. The zero-order valence-electron chi connectivity index (χ0n) is 15.1. The van der Waals surface area contributed by atoms with Gasteiger partial charge < -0.3 is 10.0 Å². The van der Waals surface area contributed by atoms with Gasteiger partial charge in [-0.2, -0.15) is 0 Å². The Morgan fingerprint density at radius 3 is 1.81 bits per heavy atom. The molecule has 0 saturated carbocycles. The molecule has 2 aromatic carbocycles. The summed E-state index contributed by atoms with van der Waals surface area (Å²) < 4.78 is 0. The molecule has 1 fully saturated rings. The molecule has 0 amide bonds. The van der Waals surface area contributed by atoms with Crippen molar-refractivity contribution in [3.8, 4) is 0 Å². The number of rotatable bonds is 7. The van der Waals surface area contributed by atoms with Crippen LogP contribution >= 0.6 is 12.4 Å². The second-order valence-electron chi connectivity index (χ2n) is 7.16. The minimum absolute atomic E-state index is 0. The first-order chi connectivity index (χ1) is 12.2. The molecule has 1 aliphatic heterocycles. The summed E-state index contributed by atoms with van der Waals surface area (Å²) in [5.74, 6) is -0.242. The summed E-state index contributed by atoms with van der Waals surface area (Å²) in [7, 11) is 0. The van der Waals surface area contributed by atoms with Crippen LogP contribution in [0.2, 0.25) is 0 Å². The Morgan fingerprint density at radius 2 is 1.38 bits per heavy atom. The van der Waals surface area contributed by atoms with Crippen LogP contribution in [0, 0.1) is 11.8 Å². The number of nitrogens with zero attached hydrogens (tertiary/aromatic N) is 1. The van der Waals surface area contributed by atoms with Crippen molar-refractivity contribution in [2.75, 3.05) is 19.6 Å². The van der Waals surface area contributed by atoms with Crippen molar-refractivity contribution in [3.05, 3.63) is 71.8 Å². The lowest BCUT2D eigenvalue weighted by atomic mass is 9.90. The number of carbonyl (C=O) groups is 1. The van der Waals surface area contributed by atoms with E-state index in [4.69, 9.17) is 0 Å². The van der Waals surface area contributed by atoms with Crippen LogP contribution in [0.4, 0.5) is 0 Å². The van der Waals surface area contributed by atoms with Crippen molar-refractivity contribution >= 4 is 18.4 Å². The van der Waals surface area contributed by atoms with Crippen molar-refractivity contribution in [2.24, 2.45) is 11.8 Å². The van der Waals surface area contributed by atoms with Crippen LogP contribution < -0.4 is 0 Å². The minimum atomic E-state index is -0.634. The number of benzene rings is 2. The van der Waals surface area contributed by atoms with E-state index >= 15 is 0 Å². The molecule has 0 radical (unpaired) electrons. The summed E-state index contributed by atoms with van der Waals surface area (Å²) in [6.07, 6.45) is 3.68. The maximum Gasteiger partial charge on any atom is 0.306 e.